The first-order valence-electron chi connectivity index (χ1n) is 14.7. The third-order valence-corrected chi connectivity index (χ3v) is 12.8. The standard InChI is InChI=1S/C31H43NO3/c1-29-9-7-21(28(34)35)14-22(29)3-4-23-24-5-6-26(30(24,2)10-8-25(23)29)27(33)32-31-15-18-11-19(16-31)13-20(12-18)17-31/h3,14,18-20,23-26H,4-13,15-17H2,1-2H3,(H,32,33)(H,34,35)/t18?,19?,20?,23-,24-,25+,26?,29-,30-,31?/m0/s1. The van der Waals surface area contributed by atoms with Crippen LogP contribution in [0.4, 0.5) is 0 Å². The Labute approximate surface area is 210 Å². The van der Waals surface area contributed by atoms with Crippen molar-refractivity contribution in [2.45, 2.75) is 103 Å². The summed E-state index contributed by atoms with van der Waals surface area (Å²) in [4.78, 5) is 25.6. The van der Waals surface area contributed by atoms with E-state index in [4.69, 9.17) is 0 Å². The number of aliphatic carboxylic acids is 1. The molecule has 35 heavy (non-hydrogen) atoms. The summed E-state index contributed by atoms with van der Waals surface area (Å²) >= 11 is 0. The van der Waals surface area contributed by atoms with Crippen LogP contribution in [0.15, 0.2) is 23.3 Å². The molecule has 1 unspecified atom stereocenters. The molecule has 0 aliphatic heterocycles. The largest absolute Gasteiger partial charge is 0.478 e. The van der Waals surface area contributed by atoms with Gasteiger partial charge in [-0.2, -0.15) is 0 Å². The third-order valence-electron chi connectivity index (χ3n) is 12.8. The van der Waals surface area contributed by atoms with Crippen LogP contribution >= 0.6 is 0 Å². The van der Waals surface area contributed by atoms with E-state index in [1.54, 1.807) is 0 Å². The number of carboxylic acids is 1. The van der Waals surface area contributed by atoms with Gasteiger partial charge >= 0.3 is 5.97 Å². The van der Waals surface area contributed by atoms with Crippen molar-refractivity contribution in [2.75, 3.05) is 0 Å². The van der Waals surface area contributed by atoms with Crippen molar-refractivity contribution in [1.82, 2.24) is 5.32 Å². The van der Waals surface area contributed by atoms with Crippen molar-refractivity contribution in [2.24, 2.45) is 52.3 Å². The normalized spacial score (nSPS) is 51.5. The molecule has 6 atom stereocenters. The van der Waals surface area contributed by atoms with Crippen molar-refractivity contribution in [3.8, 4) is 0 Å². The summed E-state index contributed by atoms with van der Waals surface area (Å²) in [6.07, 6.45) is 19.6. The number of carbonyl (C=O) groups excluding carboxylic acids is 1. The maximum absolute atomic E-state index is 14.0. The molecule has 8 rings (SSSR count). The van der Waals surface area contributed by atoms with E-state index in [-0.39, 0.29) is 22.3 Å². The number of hydrogen-bond acceptors (Lipinski definition) is 2. The summed E-state index contributed by atoms with van der Waals surface area (Å²) in [5, 5.41) is 13.3. The van der Waals surface area contributed by atoms with Crippen LogP contribution < -0.4 is 5.32 Å². The van der Waals surface area contributed by atoms with Crippen LogP contribution in [-0.4, -0.2) is 22.5 Å². The summed E-state index contributed by atoms with van der Waals surface area (Å²) in [7, 11) is 0. The van der Waals surface area contributed by atoms with Crippen LogP contribution in [0, 0.1) is 52.3 Å². The van der Waals surface area contributed by atoms with E-state index in [1.807, 2.05) is 6.08 Å². The number of carbonyl (C=O) groups is 2. The van der Waals surface area contributed by atoms with Gasteiger partial charge in [-0.15, -0.1) is 0 Å². The molecule has 0 saturated heterocycles. The van der Waals surface area contributed by atoms with E-state index >= 15 is 0 Å². The van der Waals surface area contributed by atoms with Gasteiger partial charge in [0.2, 0.25) is 5.91 Å². The molecule has 1 amide bonds. The Morgan fingerprint density at radius 2 is 1.63 bits per heavy atom. The number of fused-ring (bicyclic) bond motifs is 5. The first kappa shape index (κ1) is 22.6. The third kappa shape index (κ3) is 3.23. The lowest BCUT2D eigenvalue weighted by molar-refractivity contribution is -0.137. The van der Waals surface area contributed by atoms with Gasteiger partial charge in [0.05, 0.1) is 0 Å². The van der Waals surface area contributed by atoms with Gasteiger partial charge in [-0.05, 0) is 141 Å². The van der Waals surface area contributed by atoms with Crippen LogP contribution in [0.5, 0.6) is 0 Å². The summed E-state index contributed by atoms with van der Waals surface area (Å²) in [5.74, 6) is 4.27. The van der Waals surface area contributed by atoms with E-state index < -0.39 is 5.97 Å². The van der Waals surface area contributed by atoms with Crippen LogP contribution in [0.3, 0.4) is 0 Å². The van der Waals surface area contributed by atoms with Crippen molar-refractivity contribution >= 4 is 11.9 Å². The van der Waals surface area contributed by atoms with E-state index in [0.29, 0.717) is 35.7 Å². The summed E-state index contributed by atoms with van der Waals surface area (Å²) < 4.78 is 0. The van der Waals surface area contributed by atoms with Gasteiger partial charge in [0.15, 0.2) is 0 Å². The molecular weight excluding hydrogens is 434 g/mol. The van der Waals surface area contributed by atoms with E-state index in [1.165, 1.54) is 56.9 Å². The topological polar surface area (TPSA) is 66.4 Å². The molecule has 6 fully saturated rings. The van der Waals surface area contributed by atoms with E-state index in [0.717, 1.165) is 43.4 Å². The van der Waals surface area contributed by atoms with E-state index in [9.17, 15) is 14.7 Å². The van der Waals surface area contributed by atoms with Crippen molar-refractivity contribution in [3.05, 3.63) is 23.3 Å². The Hall–Kier alpha value is -1.58. The fourth-order valence-corrected chi connectivity index (χ4v) is 11.5. The van der Waals surface area contributed by atoms with E-state index in [2.05, 4.69) is 25.2 Å². The number of carboxylic acid groups (broad SMARTS) is 1. The molecule has 4 heteroatoms. The Balaban J connectivity index is 1.11. The highest BCUT2D eigenvalue weighted by molar-refractivity contribution is 5.87. The van der Waals surface area contributed by atoms with Gasteiger partial charge in [0.25, 0.3) is 0 Å². The number of allylic oxidation sites excluding steroid dienone is 3. The number of nitrogens with one attached hydrogen (secondary N) is 1. The minimum atomic E-state index is -0.755. The summed E-state index contributed by atoms with van der Waals surface area (Å²) in [6, 6.07) is 0. The fraction of sp³-hybridized carbons (Fsp3) is 0.806. The van der Waals surface area contributed by atoms with Gasteiger partial charge in [0, 0.05) is 17.0 Å². The zero-order chi connectivity index (χ0) is 24.2. The molecule has 4 bridgehead atoms. The Morgan fingerprint density at radius 1 is 0.943 bits per heavy atom. The molecule has 0 spiro atoms. The summed E-state index contributed by atoms with van der Waals surface area (Å²) in [6.45, 7) is 4.86. The highest BCUT2D eigenvalue weighted by Crippen LogP contribution is 2.66. The second kappa shape index (κ2) is 7.48. The number of amides is 1. The highest BCUT2D eigenvalue weighted by Gasteiger charge is 2.60. The molecule has 0 heterocycles. The minimum Gasteiger partial charge on any atom is -0.478 e. The predicted molar refractivity (Wildman–Crippen MR) is 135 cm³/mol. The van der Waals surface area contributed by atoms with Crippen molar-refractivity contribution < 1.29 is 14.7 Å². The molecule has 190 valence electrons. The maximum atomic E-state index is 14.0. The first-order valence-corrected chi connectivity index (χ1v) is 14.7. The lowest BCUT2D eigenvalue weighted by Crippen LogP contribution is -2.61. The van der Waals surface area contributed by atoms with Gasteiger partial charge in [0.1, 0.15) is 0 Å². The second-order valence-electron chi connectivity index (χ2n) is 14.5. The lowest BCUT2D eigenvalue weighted by atomic mass is 9.48. The molecule has 2 N–H and O–H groups in total. The molecule has 6 saturated carbocycles. The molecule has 8 aliphatic rings. The second-order valence-corrected chi connectivity index (χ2v) is 14.5. The Morgan fingerprint density at radius 3 is 2.29 bits per heavy atom. The number of rotatable bonds is 3. The average Bonchev–Trinajstić information content (AvgIpc) is 3.14. The van der Waals surface area contributed by atoms with Crippen LogP contribution in [-0.2, 0) is 9.59 Å². The SMILES string of the molecule is C[C@]12CCC(C(=O)O)=CC1=CC[C@@H]1[C@H]2CC[C@]2(C)C(C(=O)NC34CC5CC(CC(C5)C3)C4)CC[C@@H]12. The Bertz CT molecular complexity index is 989. The molecule has 0 radical (unpaired) electrons. The van der Waals surface area contributed by atoms with Crippen LogP contribution in [0.25, 0.3) is 0 Å². The predicted octanol–water partition coefficient (Wildman–Crippen LogP) is 6.27. The quantitative estimate of drug-likeness (QED) is 0.503. The molecular formula is C31H43NO3. The van der Waals surface area contributed by atoms with Gasteiger partial charge < -0.3 is 10.4 Å². The maximum Gasteiger partial charge on any atom is 0.331 e. The molecule has 0 aromatic carbocycles. The van der Waals surface area contributed by atoms with Crippen molar-refractivity contribution in [3.63, 3.8) is 0 Å². The molecule has 0 aromatic rings. The molecule has 4 nitrogen and oxygen atoms in total. The zero-order valence-electron chi connectivity index (χ0n) is 21.7. The highest BCUT2D eigenvalue weighted by atomic mass is 16.4. The smallest absolute Gasteiger partial charge is 0.331 e. The summed E-state index contributed by atoms with van der Waals surface area (Å²) in [5.41, 5.74) is 2.19. The van der Waals surface area contributed by atoms with Gasteiger partial charge in [-0.3, -0.25) is 4.79 Å². The number of hydrogen-bond donors (Lipinski definition) is 2. The first-order chi connectivity index (χ1) is 16.7. The van der Waals surface area contributed by atoms with Gasteiger partial charge in [-0.1, -0.05) is 19.9 Å². The van der Waals surface area contributed by atoms with Crippen LogP contribution in [0.2, 0.25) is 0 Å². The lowest BCUT2D eigenvalue weighted by Gasteiger charge is -2.58. The minimum absolute atomic E-state index is 0.0999. The monoisotopic (exact) mass is 477 g/mol. The Kier molecular flexibility index (Phi) is 4.83. The fourth-order valence-electron chi connectivity index (χ4n) is 11.5. The van der Waals surface area contributed by atoms with Gasteiger partial charge in [-0.25, -0.2) is 4.79 Å². The zero-order valence-corrected chi connectivity index (χ0v) is 21.7. The molecule has 0 aromatic heterocycles. The molecule has 8 aliphatic carbocycles. The van der Waals surface area contributed by atoms with Crippen LogP contribution in [0.1, 0.15) is 97.3 Å². The average molecular weight is 478 g/mol. The van der Waals surface area contributed by atoms with Crippen molar-refractivity contribution in [1.29, 1.82) is 0 Å².